The van der Waals surface area contributed by atoms with Gasteiger partial charge in [0.2, 0.25) is 5.91 Å². The fraction of sp³-hybridized carbons (Fsp3) is 0.208. The Morgan fingerprint density at radius 1 is 0.879 bits per heavy atom. The second-order valence-corrected chi connectivity index (χ2v) is 10.0. The lowest BCUT2D eigenvalue weighted by molar-refractivity contribution is -0.128. The van der Waals surface area contributed by atoms with Crippen LogP contribution in [0.15, 0.2) is 77.7 Å². The Bertz CT molecular complexity index is 1180. The summed E-state index contributed by atoms with van der Waals surface area (Å²) < 4.78 is 33.5. The Morgan fingerprint density at radius 3 is 1.97 bits per heavy atom. The Morgan fingerprint density at radius 2 is 1.42 bits per heavy atom. The van der Waals surface area contributed by atoms with E-state index in [4.69, 9.17) is 27.9 Å². The van der Waals surface area contributed by atoms with Gasteiger partial charge in [0.25, 0.3) is 10.0 Å². The number of carbonyl (C=O) groups excluding carboxylic acids is 1. The number of hydrogen-bond acceptors (Lipinski definition) is 4. The maximum atomic E-state index is 13.5. The molecule has 0 spiro atoms. The average molecular weight is 507 g/mol. The summed E-state index contributed by atoms with van der Waals surface area (Å²) >= 11 is 11.9. The van der Waals surface area contributed by atoms with Crippen molar-refractivity contribution in [1.29, 1.82) is 0 Å². The van der Waals surface area contributed by atoms with Gasteiger partial charge in [-0.1, -0.05) is 35.3 Å². The Balaban J connectivity index is 1.89. The molecule has 3 rings (SSSR count). The Labute approximate surface area is 204 Å². The highest BCUT2D eigenvalue weighted by Gasteiger charge is 2.28. The fourth-order valence-electron chi connectivity index (χ4n) is 3.12. The minimum Gasteiger partial charge on any atom is -0.494 e. The van der Waals surface area contributed by atoms with E-state index in [9.17, 15) is 13.2 Å². The first-order valence-corrected chi connectivity index (χ1v) is 12.4. The molecule has 0 saturated carbocycles. The maximum absolute atomic E-state index is 13.5. The number of benzene rings is 3. The summed E-state index contributed by atoms with van der Waals surface area (Å²) in [6, 6.07) is 19.5. The second kappa shape index (κ2) is 10.9. The fourth-order valence-corrected chi connectivity index (χ4v) is 4.79. The molecule has 6 nitrogen and oxygen atoms in total. The molecule has 9 heteroatoms. The second-order valence-electron chi connectivity index (χ2n) is 7.27. The van der Waals surface area contributed by atoms with Crippen LogP contribution in [-0.4, -0.2) is 39.4 Å². The monoisotopic (exact) mass is 506 g/mol. The van der Waals surface area contributed by atoms with Crippen LogP contribution in [0.25, 0.3) is 0 Å². The molecule has 0 saturated heterocycles. The highest BCUT2D eigenvalue weighted by Crippen LogP contribution is 2.27. The van der Waals surface area contributed by atoms with E-state index >= 15 is 0 Å². The van der Waals surface area contributed by atoms with Crippen molar-refractivity contribution in [3.8, 4) is 5.75 Å². The van der Waals surface area contributed by atoms with Gasteiger partial charge < -0.3 is 9.64 Å². The van der Waals surface area contributed by atoms with Crippen molar-refractivity contribution in [3.05, 3.63) is 88.4 Å². The number of nitrogens with zero attached hydrogens (tertiary/aromatic N) is 2. The Hall–Kier alpha value is -2.74. The number of halogens is 2. The number of amides is 1. The molecule has 33 heavy (non-hydrogen) atoms. The van der Waals surface area contributed by atoms with E-state index < -0.39 is 10.0 Å². The molecule has 0 bridgehead atoms. The Kier molecular flexibility index (Phi) is 8.24. The summed E-state index contributed by atoms with van der Waals surface area (Å²) in [6.45, 7) is 2.29. The zero-order valence-electron chi connectivity index (χ0n) is 18.2. The van der Waals surface area contributed by atoms with Crippen LogP contribution in [0.1, 0.15) is 12.5 Å². The SMILES string of the molecule is CCOc1ccc(N(CC(=O)N(C)Cc2ccc(Cl)cc2)S(=O)(=O)c2ccc(Cl)cc2)cc1. The van der Waals surface area contributed by atoms with Crippen molar-refractivity contribution in [3.63, 3.8) is 0 Å². The van der Waals surface area contributed by atoms with Crippen LogP contribution in [0.5, 0.6) is 5.75 Å². The van der Waals surface area contributed by atoms with Crippen LogP contribution in [0.4, 0.5) is 5.69 Å². The van der Waals surface area contributed by atoms with E-state index in [0.29, 0.717) is 34.6 Å². The zero-order chi connectivity index (χ0) is 24.0. The number of carbonyl (C=O) groups is 1. The molecule has 0 aromatic heterocycles. The van der Waals surface area contributed by atoms with E-state index in [-0.39, 0.29) is 17.3 Å². The lowest BCUT2D eigenvalue weighted by Gasteiger charge is -2.27. The number of likely N-dealkylation sites (N-methyl/N-ethyl adjacent to an activating group) is 1. The molecular weight excluding hydrogens is 483 g/mol. The first-order valence-electron chi connectivity index (χ1n) is 10.2. The van der Waals surface area contributed by atoms with E-state index in [2.05, 4.69) is 0 Å². The van der Waals surface area contributed by atoms with Gasteiger partial charge in [-0.25, -0.2) is 8.42 Å². The molecule has 0 aliphatic carbocycles. The maximum Gasteiger partial charge on any atom is 0.264 e. The van der Waals surface area contributed by atoms with Crippen LogP contribution in [0, 0.1) is 0 Å². The van der Waals surface area contributed by atoms with Crippen molar-refractivity contribution in [2.45, 2.75) is 18.4 Å². The van der Waals surface area contributed by atoms with E-state index in [1.165, 1.54) is 29.2 Å². The third-order valence-electron chi connectivity index (χ3n) is 4.87. The van der Waals surface area contributed by atoms with Gasteiger partial charge in [0.1, 0.15) is 12.3 Å². The molecule has 1 amide bonds. The highest BCUT2D eigenvalue weighted by atomic mass is 35.5. The molecule has 3 aromatic carbocycles. The normalized spacial score (nSPS) is 11.2. The van der Waals surface area contributed by atoms with Gasteiger partial charge in [-0.15, -0.1) is 0 Å². The number of sulfonamides is 1. The highest BCUT2D eigenvalue weighted by molar-refractivity contribution is 7.92. The summed E-state index contributed by atoms with van der Waals surface area (Å²) in [7, 11) is -2.41. The molecule has 174 valence electrons. The number of ether oxygens (including phenoxy) is 1. The van der Waals surface area contributed by atoms with Gasteiger partial charge in [-0.3, -0.25) is 9.10 Å². The first kappa shape index (κ1) is 24.9. The van der Waals surface area contributed by atoms with Gasteiger partial charge in [0.05, 0.1) is 17.2 Å². The van der Waals surface area contributed by atoms with Crippen LogP contribution in [0.3, 0.4) is 0 Å². The van der Waals surface area contributed by atoms with Gasteiger partial charge in [0.15, 0.2) is 0 Å². The lowest BCUT2D eigenvalue weighted by atomic mass is 10.2. The summed E-state index contributed by atoms with van der Waals surface area (Å²) in [4.78, 5) is 14.6. The molecule has 0 atom stereocenters. The van der Waals surface area contributed by atoms with Crippen molar-refractivity contribution in [2.24, 2.45) is 0 Å². The average Bonchev–Trinajstić information content (AvgIpc) is 2.80. The van der Waals surface area contributed by atoms with Crippen LogP contribution >= 0.6 is 23.2 Å². The van der Waals surface area contributed by atoms with Crippen molar-refractivity contribution in [1.82, 2.24) is 4.90 Å². The number of hydrogen-bond donors (Lipinski definition) is 0. The lowest BCUT2D eigenvalue weighted by Crippen LogP contribution is -2.41. The minimum absolute atomic E-state index is 0.0361. The van der Waals surface area contributed by atoms with E-state index in [1.54, 1.807) is 43.4 Å². The molecule has 0 N–H and O–H groups in total. The summed E-state index contributed by atoms with van der Waals surface area (Å²) in [5.74, 6) is 0.243. The molecule has 0 heterocycles. The predicted octanol–water partition coefficient (Wildman–Crippen LogP) is 5.25. The predicted molar refractivity (Wildman–Crippen MR) is 132 cm³/mol. The zero-order valence-corrected chi connectivity index (χ0v) is 20.6. The van der Waals surface area contributed by atoms with Gasteiger partial charge in [0, 0.05) is 23.6 Å². The number of rotatable bonds is 9. The first-order chi connectivity index (χ1) is 15.7. The molecule has 0 radical (unpaired) electrons. The van der Waals surface area contributed by atoms with Crippen molar-refractivity contribution >= 4 is 44.8 Å². The van der Waals surface area contributed by atoms with Crippen LogP contribution in [-0.2, 0) is 21.4 Å². The largest absolute Gasteiger partial charge is 0.494 e. The molecular formula is C24H24Cl2N2O4S. The van der Waals surface area contributed by atoms with Gasteiger partial charge in [-0.05, 0) is 73.2 Å². The van der Waals surface area contributed by atoms with Gasteiger partial charge in [-0.2, -0.15) is 0 Å². The minimum atomic E-state index is -4.03. The van der Waals surface area contributed by atoms with E-state index in [1.807, 2.05) is 19.1 Å². The molecule has 0 fully saturated rings. The molecule has 0 aliphatic rings. The third-order valence-corrected chi connectivity index (χ3v) is 7.17. The van der Waals surface area contributed by atoms with Crippen LogP contribution in [0.2, 0.25) is 10.0 Å². The van der Waals surface area contributed by atoms with Crippen LogP contribution < -0.4 is 9.04 Å². The summed E-state index contributed by atoms with van der Waals surface area (Å²) in [5, 5.41) is 1.02. The molecule has 0 unspecified atom stereocenters. The summed E-state index contributed by atoms with van der Waals surface area (Å²) in [6.07, 6.45) is 0. The van der Waals surface area contributed by atoms with Gasteiger partial charge >= 0.3 is 0 Å². The summed E-state index contributed by atoms with van der Waals surface area (Å²) in [5.41, 5.74) is 1.23. The van der Waals surface area contributed by atoms with E-state index in [0.717, 1.165) is 9.87 Å². The molecule has 0 aliphatic heterocycles. The third kappa shape index (κ3) is 6.41. The standard InChI is InChI=1S/C24H24Cl2N2O4S/c1-3-32-22-12-10-21(11-13-22)28(33(30,31)23-14-8-20(26)9-15-23)17-24(29)27(2)16-18-4-6-19(25)7-5-18/h4-15H,3,16-17H2,1-2H3. The number of anilines is 1. The smallest absolute Gasteiger partial charge is 0.264 e. The quantitative estimate of drug-likeness (QED) is 0.397. The topological polar surface area (TPSA) is 66.9 Å². The van der Waals surface area contributed by atoms with Crippen molar-refractivity contribution < 1.29 is 17.9 Å². The van der Waals surface area contributed by atoms with Crippen molar-refractivity contribution in [2.75, 3.05) is 24.5 Å². The molecule has 3 aromatic rings.